The van der Waals surface area contributed by atoms with E-state index in [0.29, 0.717) is 16.4 Å². The van der Waals surface area contributed by atoms with E-state index in [1.807, 2.05) is 39.8 Å². The topological polar surface area (TPSA) is 91.4 Å². The largest absolute Gasteiger partial charge is 0.352 e. The van der Waals surface area contributed by atoms with Crippen LogP contribution in [0.3, 0.4) is 0 Å². The second-order valence-electron chi connectivity index (χ2n) is 8.54. The van der Waals surface area contributed by atoms with Gasteiger partial charge in [0.25, 0.3) is 0 Å². The number of aromatic nitrogens is 1. The van der Waals surface area contributed by atoms with Crippen LogP contribution in [-0.4, -0.2) is 28.7 Å². The van der Waals surface area contributed by atoms with Crippen LogP contribution in [0.2, 0.25) is 0 Å². The Kier molecular flexibility index (Phi) is 8.70. The van der Waals surface area contributed by atoms with E-state index >= 15 is 0 Å². The Labute approximate surface area is 208 Å². The van der Waals surface area contributed by atoms with Gasteiger partial charge in [0, 0.05) is 36.1 Å². The van der Waals surface area contributed by atoms with Gasteiger partial charge in [0.2, 0.25) is 17.7 Å². The summed E-state index contributed by atoms with van der Waals surface area (Å²) in [6.45, 7) is 7.52. The summed E-state index contributed by atoms with van der Waals surface area (Å²) in [5.74, 6) is -1.60. The molecule has 9 heteroatoms. The first kappa shape index (κ1) is 26.0. The highest BCUT2D eigenvalue weighted by molar-refractivity contribution is 7.13. The molecule has 184 valence electrons. The average Bonchev–Trinajstić information content (AvgIpc) is 3.31. The Morgan fingerprint density at radius 3 is 2.34 bits per heavy atom. The van der Waals surface area contributed by atoms with Crippen molar-refractivity contribution < 1.29 is 18.8 Å². The number of nitrogens with zero attached hydrogens (tertiary/aromatic N) is 2. The highest BCUT2D eigenvalue weighted by atomic mass is 32.1. The molecule has 1 heterocycles. The molecule has 0 fully saturated rings. The van der Waals surface area contributed by atoms with Gasteiger partial charge in [-0.2, -0.15) is 0 Å². The van der Waals surface area contributed by atoms with Gasteiger partial charge in [0.1, 0.15) is 11.9 Å². The smallest absolute Gasteiger partial charge is 0.248 e. The van der Waals surface area contributed by atoms with E-state index in [2.05, 4.69) is 15.6 Å². The van der Waals surface area contributed by atoms with Crippen molar-refractivity contribution in [1.29, 1.82) is 0 Å². The van der Waals surface area contributed by atoms with Crippen LogP contribution in [0.25, 0.3) is 0 Å². The third-order valence-electron chi connectivity index (χ3n) is 5.41. The minimum Gasteiger partial charge on any atom is -0.352 e. The summed E-state index contributed by atoms with van der Waals surface area (Å²) in [6, 6.07) is 9.78. The minimum atomic E-state index is -1.05. The predicted molar refractivity (Wildman–Crippen MR) is 136 cm³/mol. The molecule has 0 aliphatic carbocycles. The average molecular weight is 497 g/mol. The number of anilines is 2. The molecule has 0 spiro atoms. The molecule has 0 aliphatic heterocycles. The first-order valence-electron chi connectivity index (χ1n) is 11.3. The number of hydrogen-bond acceptors (Lipinski definition) is 5. The zero-order valence-electron chi connectivity index (χ0n) is 20.2. The van der Waals surface area contributed by atoms with E-state index in [0.717, 1.165) is 11.1 Å². The molecule has 1 atom stereocenters. The summed E-state index contributed by atoms with van der Waals surface area (Å²) in [7, 11) is 0. The van der Waals surface area contributed by atoms with Crippen molar-refractivity contribution in [3.8, 4) is 0 Å². The Hall–Kier alpha value is -3.59. The number of thiazole rings is 1. The van der Waals surface area contributed by atoms with Gasteiger partial charge in [0.15, 0.2) is 5.13 Å². The lowest BCUT2D eigenvalue weighted by molar-refractivity contribution is -0.127. The number of nitrogens with one attached hydrogen (secondary N) is 2. The summed E-state index contributed by atoms with van der Waals surface area (Å²) in [4.78, 5) is 44.8. The first-order chi connectivity index (χ1) is 16.7. The molecule has 0 aliphatic rings. The van der Waals surface area contributed by atoms with Gasteiger partial charge in [-0.3, -0.25) is 19.3 Å². The lowest BCUT2D eigenvalue weighted by Gasteiger charge is -2.32. The Morgan fingerprint density at radius 1 is 1.03 bits per heavy atom. The van der Waals surface area contributed by atoms with Crippen LogP contribution in [0, 0.1) is 19.7 Å². The molecule has 0 radical (unpaired) electrons. The third-order valence-corrected chi connectivity index (χ3v) is 6.09. The summed E-state index contributed by atoms with van der Waals surface area (Å²) in [5, 5.41) is 7.73. The van der Waals surface area contributed by atoms with Crippen LogP contribution in [0.1, 0.15) is 49.4 Å². The minimum absolute atomic E-state index is 0.0817. The monoisotopic (exact) mass is 496 g/mol. The highest BCUT2D eigenvalue weighted by Crippen LogP contribution is 2.31. The molecule has 0 unspecified atom stereocenters. The lowest BCUT2D eigenvalue weighted by Crippen LogP contribution is -2.46. The van der Waals surface area contributed by atoms with Crippen LogP contribution < -0.4 is 15.5 Å². The van der Waals surface area contributed by atoms with E-state index in [4.69, 9.17) is 0 Å². The maximum Gasteiger partial charge on any atom is 0.248 e. The highest BCUT2D eigenvalue weighted by Gasteiger charge is 2.33. The van der Waals surface area contributed by atoms with Gasteiger partial charge in [0.05, 0.1) is 0 Å². The standard InChI is InChI=1S/C26H29FN4O3S/c1-16(2)29-25(34)24(19-6-8-20(27)9-7-19)31(21-10-5-17(3)18(4)15-21)23(33)12-11-22(32)30-26-28-13-14-35-26/h5-10,13-16,24H,11-12H2,1-4H3,(H,29,34)(H,28,30,32)/t24-/m1/s1. The fourth-order valence-electron chi connectivity index (χ4n) is 3.55. The second-order valence-corrected chi connectivity index (χ2v) is 9.43. The van der Waals surface area contributed by atoms with E-state index < -0.39 is 23.7 Å². The SMILES string of the molecule is Cc1ccc(N(C(=O)CCC(=O)Nc2nccs2)[C@@H](C(=O)NC(C)C)c2ccc(F)cc2)cc1C. The summed E-state index contributed by atoms with van der Waals surface area (Å²) < 4.78 is 13.7. The van der Waals surface area contributed by atoms with Crippen LogP contribution in [-0.2, 0) is 14.4 Å². The normalized spacial score (nSPS) is 11.7. The molecule has 35 heavy (non-hydrogen) atoms. The van der Waals surface area contributed by atoms with Crippen LogP contribution in [0.15, 0.2) is 54.0 Å². The first-order valence-corrected chi connectivity index (χ1v) is 12.2. The summed E-state index contributed by atoms with van der Waals surface area (Å²) in [5.41, 5.74) is 2.97. The van der Waals surface area contributed by atoms with Gasteiger partial charge in [-0.25, -0.2) is 9.37 Å². The fourth-order valence-corrected chi connectivity index (χ4v) is 4.09. The number of hydrogen-bond donors (Lipinski definition) is 2. The van der Waals surface area contributed by atoms with Crippen molar-refractivity contribution in [1.82, 2.24) is 10.3 Å². The molecule has 0 bridgehead atoms. The Bertz CT molecular complexity index is 1180. The van der Waals surface area contributed by atoms with E-state index in [1.54, 1.807) is 17.6 Å². The van der Waals surface area contributed by atoms with Crippen LogP contribution >= 0.6 is 11.3 Å². The van der Waals surface area contributed by atoms with E-state index in [-0.39, 0.29) is 24.8 Å². The number of halogens is 1. The number of benzene rings is 2. The number of carbonyl (C=O) groups excluding carboxylic acids is 3. The fraction of sp³-hybridized carbons (Fsp3) is 0.308. The van der Waals surface area contributed by atoms with Gasteiger partial charge in [-0.05, 0) is 68.7 Å². The molecule has 0 saturated heterocycles. The Morgan fingerprint density at radius 2 is 1.74 bits per heavy atom. The molecule has 2 N–H and O–H groups in total. The number of carbonyl (C=O) groups is 3. The number of amides is 3. The molecular weight excluding hydrogens is 467 g/mol. The van der Waals surface area contributed by atoms with Crippen molar-refractivity contribution in [2.24, 2.45) is 0 Å². The third kappa shape index (κ3) is 6.95. The van der Waals surface area contributed by atoms with Crippen LogP contribution in [0.5, 0.6) is 0 Å². The van der Waals surface area contributed by atoms with Gasteiger partial charge < -0.3 is 10.6 Å². The lowest BCUT2D eigenvalue weighted by atomic mass is 10.0. The molecule has 3 rings (SSSR count). The van der Waals surface area contributed by atoms with E-state index in [9.17, 15) is 18.8 Å². The second kappa shape index (κ2) is 11.7. The summed E-state index contributed by atoms with van der Waals surface area (Å²) >= 11 is 1.28. The maximum atomic E-state index is 13.7. The zero-order chi connectivity index (χ0) is 25.5. The van der Waals surface area contributed by atoms with E-state index in [1.165, 1.54) is 40.5 Å². The van der Waals surface area contributed by atoms with Crippen molar-refractivity contribution in [3.63, 3.8) is 0 Å². The number of aryl methyl sites for hydroxylation is 2. The molecule has 3 aromatic rings. The molecule has 0 saturated carbocycles. The molecule has 2 aromatic carbocycles. The van der Waals surface area contributed by atoms with Crippen molar-refractivity contribution in [3.05, 3.63) is 76.5 Å². The summed E-state index contributed by atoms with van der Waals surface area (Å²) in [6.07, 6.45) is 1.37. The van der Waals surface area contributed by atoms with Gasteiger partial charge in [-0.1, -0.05) is 18.2 Å². The number of rotatable bonds is 9. The van der Waals surface area contributed by atoms with Crippen molar-refractivity contribution in [2.45, 2.75) is 52.6 Å². The maximum absolute atomic E-state index is 13.7. The molecule has 3 amide bonds. The Balaban J connectivity index is 1.97. The van der Waals surface area contributed by atoms with Gasteiger partial charge >= 0.3 is 0 Å². The van der Waals surface area contributed by atoms with Crippen molar-refractivity contribution >= 4 is 39.9 Å². The molecule has 7 nitrogen and oxygen atoms in total. The molecular formula is C26H29FN4O3S. The zero-order valence-corrected chi connectivity index (χ0v) is 21.0. The predicted octanol–water partition coefficient (Wildman–Crippen LogP) is 4.92. The van der Waals surface area contributed by atoms with Gasteiger partial charge in [-0.15, -0.1) is 11.3 Å². The molecule has 1 aromatic heterocycles. The van der Waals surface area contributed by atoms with Crippen LogP contribution in [0.4, 0.5) is 15.2 Å². The quantitative estimate of drug-likeness (QED) is 0.440. The van der Waals surface area contributed by atoms with Crippen molar-refractivity contribution in [2.75, 3.05) is 10.2 Å².